The topological polar surface area (TPSA) is 78.9 Å². The molecule has 0 radical (unpaired) electrons. The molecule has 430 valence electrons. The van der Waals surface area contributed by atoms with E-state index in [4.69, 9.17) is 14.2 Å². The molecule has 0 amide bonds. The van der Waals surface area contributed by atoms with Crippen LogP contribution in [0.4, 0.5) is 0 Å². The van der Waals surface area contributed by atoms with Crippen molar-refractivity contribution < 1.29 is 28.6 Å². The van der Waals surface area contributed by atoms with E-state index in [1.807, 2.05) is 0 Å². The van der Waals surface area contributed by atoms with E-state index in [1.54, 1.807) is 0 Å². The fraction of sp³-hybridized carbons (Fsp3) is 0.725. The van der Waals surface area contributed by atoms with Crippen molar-refractivity contribution in [2.75, 3.05) is 13.2 Å². The second-order valence-corrected chi connectivity index (χ2v) is 20.9. The predicted octanol–water partition coefficient (Wildman–Crippen LogP) is 21.7. The molecule has 0 aliphatic carbocycles. The molecule has 1 unspecified atom stereocenters. The number of unbranched alkanes of at least 4 members (excludes halogenated alkanes) is 30. The zero-order valence-corrected chi connectivity index (χ0v) is 49.3. The Kier molecular flexibility index (Phi) is 59.8. The van der Waals surface area contributed by atoms with Crippen LogP contribution in [0.5, 0.6) is 0 Å². The zero-order valence-electron chi connectivity index (χ0n) is 49.3. The Morgan fingerprint density at radius 2 is 0.520 bits per heavy atom. The van der Waals surface area contributed by atoms with Crippen molar-refractivity contribution in [3.8, 4) is 0 Å². The lowest BCUT2D eigenvalue weighted by atomic mass is 10.0. The molecular weight excluding hydrogens is 925 g/mol. The number of hydrogen-bond acceptors (Lipinski definition) is 6. The van der Waals surface area contributed by atoms with Gasteiger partial charge in [0.15, 0.2) is 6.10 Å². The lowest BCUT2D eigenvalue weighted by Gasteiger charge is -2.18. The van der Waals surface area contributed by atoms with Crippen molar-refractivity contribution >= 4 is 17.9 Å². The third-order valence-corrected chi connectivity index (χ3v) is 13.6. The number of rotatable bonds is 57. The lowest BCUT2D eigenvalue weighted by Crippen LogP contribution is -2.30. The Morgan fingerprint density at radius 3 is 0.840 bits per heavy atom. The summed E-state index contributed by atoms with van der Waals surface area (Å²) in [6.45, 7) is 6.48. The highest BCUT2D eigenvalue weighted by molar-refractivity contribution is 5.71. The molecule has 1 atom stereocenters. The first-order valence-corrected chi connectivity index (χ1v) is 31.7. The number of carbonyl (C=O) groups excluding carboxylic acids is 3. The molecule has 0 rings (SSSR count). The van der Waals surface area contributed by atoms with Gasteiger partial charge in [-0.2, -0.15) is 0 Å². The van der Waals surface area contributed by atoms with Crippen LogP contribution in [0.3, 0.4) is 0 Å². The van der Waals surface area contributed by atoms with Gasteiger partial charge in [0.2, 0.25) is 0 Å². The maximum atomic E-state index is 12.9. The SMILES string of the molecule is CC/C=C\C/C=C\C/C=C\C/C=C\C/C=C\C/C=C\C/C=C\CCCCCC(=O)OCC(COC(=O)CCCCCCCCC)OC(=O)CCCCCCCCCCCCCCC/C=C\CCCCCCCCCC. The van der Waals surface area contributed by atoms with Gasteiger partial charge in [-0.15, -0.1) is 0 Å². The minimum atomic E-state index is -0.790. The molecule has 75 heavy (non-hydrogen) atoms. The largest absolute Gasteiger partial charge is 0.462 e. The van der Waals surface area contributed by atoms with Crippen LogP contribution in [0.15, 0.2) is 97.2 Å². The Bertz CT molecular complexity index is 1480. The van der Waals surface area contributed by atoms with Gasteiger partial charge in [-0.3, -0.25) is 14.4 Å². The van der Waals surface area contributed by atoms with E-state index in [9.17, 15) is 14.4 Å². The van der Waals surface area contributed by atoms with Crippen molar-refractivity contribution in [1.29, 1.82) is 0 Å². The monoisotopic (exact) mass is 1040 g/mol. The smallest absolute Gasteiger partial charge is 0.306 e. The first-order chi connectivity index (χ1) is 37.0. The van der Waals surface area contributed by atoms with E-state index in [1.165, 1.54) is 154 Å². The quantitative estimate of drug-likeness (QED) is 0.0261. The molecule has 0 aromatic rings. The highest BCUT2D eigenvalue weighted by Crippen LogP contribution is 2.16. The Hall–Kier alpha value is -3.67. The zero-order chi connectivity index (χ0) is 54.3. The molecule has 0 aliphatic heterocycles. The average molecular weight is 1040 g/mol. The number of esters is 3. The number of hydrogen-bond donors (Lipinski definition) is 0. The van der Waals surface area contributed by atoms with Crippen LogP contribution in [0.1, 0.15) is 303 Å². The molecule has 0 heterocycles. The van der Waals surface area contributed by atoms with Crippen LogP contribution in [0.25, 0.3) is 0 Å². The summed E-state index contributed by atoms with van der Waals surface area (Å²) in [4.78, 5) is 38.1. The van der Waals surface area contributed by atoms with Crippen molar-refractivity contribution in [1.82, 2.24) is 0 Å². The van der Waals surface area contributed by atoms with Gasteiger partial charge >= 0.3 is 17.9 Å². The van der Waals surface area contributed by atoms with E-state index >= 15 is 0 Å². The van der Waals surface area contributed by atoms with E-state index in [-0.39, 0.29) is 31.1 Å². The Balaban J connectivity index is 4.21. The lowest BCUT2D eigenvalue weighted by molar-refractivity contribution is -0.167. The summed E-state index contributed by atoms with van der Waals surface area (Å²) in [6.07, 6.45) is 84.4. The molecule has 6 heteroatoms. The highest BCUT2D eigenvalue weighted by atomic mass is 16.6. The molecule has 0 N–H and O–H groups in total. The number of ether oxygens (including phenoxy) is 3. The summed E-state index contributed by atoms with van der Waals surface area (Å²) in [5.74, 6) is -0.921. The van der Waals surface area contributed by atoms with Crippen LogP contribution >= 0.6 is 0 Å². The van der Waals surface area contributed by atoms with Gasteiger partial charge in [0.05, 0.1) is 0 Å². The molecule has 6 nitrogen and oxygen atoms in total. The van der Waals surface area contributed by atoms with Crippen molar-refractivity contribution in [2.24, 2.45) is 0 Å². The standard InChI is InChI=1S/C69H118O6/c1-4-7-10-13-16-18-20-22-24-26-28-30-32-34-36-38-40-42-44-46-48-50-53-56-59-62-68(71)74-65-66(64-73-67(70)61-58-55-52-15-12-9-6-3)75-69(72)63-60-57-54-51-49-47-45-43-41-39-37-35-33-31-29-27-25-23-21-19-17-14-11-8-5-2/h7,10,16,18,22,24,27-30,34,36,40,42,46,48,66H,4-6,8-9,11-15,17,19-21,23,25-26,31-33,35,37-39,41,43-45,47,49-65H2,1-3H3/b10-7-,18-16-,24-22-,29-27-,30-28-,36-34-,42-40-,48-46-. The Labute approximate surface area is 464 Å². The maximum absolute atomic E-state index is 12.9. The minimum absolute atomic E-state index is 0.0870. The van der Waals surface area contributed by atoms with Gasteiger partial charge in [0.1, 0.15) is 13.2 Å². The minimum Gasteiger partial charge on any atom is -0.462 e. The summed E-state index contributed by atoms with van der Waals surface area (Å²) in [7, 11) is 0. The van der Waals surface area contributed by atoms with Gasteiger partial charge in [-0.1, -0.05) is 279 Å². The van der Waals surface area contributed by atoms with E-state index in [2.05, 4.69) is 118 Å². The van der Waals surface area contributed by atoms with Crippen LogP contribution in [0, 0.1) is 0 Å². The number of allylic oxidation sites excluding steroid dienone is 16. The van der Waals surface area contributed by atoms with Gasteiger partial charge < -0.3 is 14.2 Å². The highest BCUT2D eigenvalue weighted by Gasteiger charge is 2.19. The van der Waals surface area contributed by atoms with Gasteiger partial charge in [-0.25, -0.2) is 0 Å². The van der Waals surface area contributed by atoms with Crippen LogP contribution < -0.4 is 0 Å². The molecule has 0 saturated carbocycles. The third kappa shape index (κ3) is 61.1. The van der Waals surface area contributed by atoms with Gasteiger partial charge in [0.25, 0.3) is 0 Å². The third-order valence-electron chi connectivity index (χ3n) is 13.6. The fourth-order valence-electron chi connectivity index (χ4n) is 8.83. The summed E-state index contributed by atoms with van der Waals surface area (Å²) in [5, 5.41) is 0. The molecule has 0 fully saturated rings. The maximum Gasteiger partial charge on any atom is 0.306 e. The molecule has 0 aromatic heterocycles. The molecule has 0 spiro atoms. The predicted molar refractivity (Wildman–Crippen MR) is 325 cm³/mol. The van der Waals surface area contributed by atoms with Crippen LogP contribution in [-0.4, -0.2) is 37.2 Å². The summed E-state index contributed by atoms with van der Waals surface area (Å²) in [5.41, 5.74) is 0. The molecular formula is C69H118O6. The molecule has 0 aliphatic rings. The van der Waals surface area contributed by atoms with Crippen LogP contribution in [-0.2, 0) is 28.6 Å². The van der Waals surface area contributed by atoms with Crippen molar-refractivity contribution in [2.45, 2.75) is 309 Å². The second kappa shape index (κ2) is 62.9. The average Bonchev–Trinajstić information content (AvgIpc) is 3.41. The van der Waals surface area contributed by atoms with E-state index in [0.717, 1.165) is 109 Å². The van der Waals surface area contributed by atoms with Crippen molar-refractivity contribution in [3.63, 3.8) is 0 Å². The summed E-state index contributed by atoms with van der Waals surface area (Å²) >= 11 is 0. The molecule has 0 saturated heterocycles. The first-order valence-electron chi connectivity index (χ1n) is 31.7. The van der Waals surface area contributed by atoms with Gasteiger partial charge in [-0.05, 0) is 103 Å². The van der Waals surface area contributed by atoms with Crippen molar-refractivity contribution in [3.05, 3.63) is 97.2 Å². The Morgan fingerprint density at radius 1 is 0.280 bits per heavy atom. The first kappa shape index (κ1) is 71.3. The fourth-order valence-corrected chi connectivity index (χ4v) is 8.83. The normalized spacial score (nSPS) is 12.7. The van der Waals surface area contributed by atoms with E-state index in [0.29, 0.717) is 19.3 Å². The second-order valence-electron chi connectivity index (χ2n) is 20.9. The molecule has 0 bridgehead atoms. The van der Waals surface area contributed by atoms with Crippen LogP contribution in [0.2, 0.25) is 0 Å². The molecule has 0 aromatic carbocycles. The summed E-state index contributed by atoms with van der Waals surface area (Å²) < 4.78 is 16.8. The van der Waals surface area contributed by atoms with E-state index < -0.39 is 6.10 Å². The number of carbonyl (C=O) groups is 3. The van der Waals surface area contributed by atoms with Gasteiger partial charge in [0, 0.05) is 19.3 Å². The summed E-state index contributed by atoms with van der Waals surface area (Å²) in [6, 6.07) is 0.